The topological polar surface area (TPSA) is 81.8 Å². The molecule has 0 bridgehead atoms. The maximum absolute atomic E-state index is 10.4. The molecule has 0 aromatic rings. The van der Waals surface area contributed by atoms with Crippen LogP contribution in [0.4, 0.5) is 0 Å². The molecule has 1 aliphatic heterocycles. The van der Waals surface area contributed by atoms with Crippen molar-refractivity contribution in [2.75, 3.05) is 13.4 Å². The van der Waals surface area contributed by atoms with E-state index < -0.39 is 12.0 Å². The number of hydrogen-bond acceptors (Lipinski definition) is 4. The first-order valence-corrected chi connectivity index (χ1v) is 5.38. The third-order valence-corrected chi connectivity index (χ3v) is 2.55. The van der Waals surface area contributed by atoms with Crippen molar-refractivity contribution < 1.29 is 19.4 Å². The molecular formula is C10H19NO4. The molecule has 3 N–H and O–H groups in total. The highest BCUT2D eigenvalue weighted by molar-refractivity contribution is 5.72. The van der Waals surface area contributed by atoms with Crippen molar-refractivity contribution in [3.8, 4) is 0 Å². The Balaban J connectivity index is 1.90. The maximum atomic E-state index is 10.4. The molecule has 0 aromatic heterocycles. The predicted octanol–water partition coefficient (Wildman–Crippen LogP) is 0.722. The maximum Gasteiger partial charge on any atom is 0.320 e. The molecule has 2 unspecified atom stereocenters. The summed E-state index contributed by atoms with van der Waals surface area (Å²) in [5.74, 6) is -0.914. The smallest absolute Gasteiger partial charge is 0.320 e. The molecule has 0 spiro atoms. The van der Waals surface area contributed by atoms with E-state index in [1.165, 1.54) is 0 Å². The third kappa shape index (κ3) is 5.11. The molecule has 1 saturated heterocycles. The summed E-state index contributed by atoms with van der Waals surface area (Å²) in [4.78, 5) is 10.4. The van der Waals surface area contributed by atoms with Gasteiger partial charge in [0.25, 0.3) is 0 Å². The van der Waals surface area contributed by atoms with Crippen LogP contribution in [0.3, 0.4) is 0 Å². The Kier molecular flexibility index (Phi) is 5.60. The van der Waals surface area contributed by atoms with Crippen LogP contribution in [0.2, 0.25) is 0 Å². The number of aliphatic carboxylic acids is 1. The Labute approximate surface area is 89.5 Å². The first-order chi connectivity index (χ1) is 7.20. The van der Waals surface area contributed by atoms with Crippen LogP contribution in [0.25, 0.3) is 0 Å². The fourth-order valence-electron chi connectivity index (χ4n) is 1.58. The van der Waals surface area contributed by atoms with Gasteiger partial charge in [-0.15, -0.1) is 0 Å². The summed E-state index contributed by atoms with van der Waals surface area (Å²) >= 11 is 0. The highest BCUT2D eigenvalue weighted by Crippen LogP contribution is 2.13. The summed E-state index contributed by atoms with van der Waals surface area (Å²) in [6.45, 7) is 1.10. The van der Waals surface area contributed by atoms with Crippen LogP contribution in [-0.2, 0) is 14.3 Å². The molecule has 0 saturated carbocycles. The van der Waals surface area contributed by atoms with Gasteiger partial charge >= 0.3 is 5.97 Å². The molecule has 1 aliphatic rings. The van der Waals surface area contributed by atoms with Crippen LogP contribution in [0, 0.1) is 0 Å². The number of carboxylic acids is 1. The number of ether oxygens (including phenoxy) is 2. The van der Waals surface area contributed by atoms with E-state index in [4.69, 9.17) is 20.3 Å². The zero-order valence-corrected chi connectivity index (χ0v) is 8.85. The average molecular weight is 217 g/mol. The fraction of sp³-hybridized carbons (Fsp3) is 0.900. The Bertz CT molecular complexity index is 192. The van der Waals surface area contributed by atoms with E-state index >= 15 is 0 Å². The largest absolute Gasteiger partial charge is 0.480 e. The van der Waals surface area contributed by atoms with Gasteiger partial charge in [0.05, 0.1) is 12.7 Å². The molecular weight excluding hydrogens is 198 g/mol. The van der Waals surface area contributed by atoms with Gasteiger partial charge in [-0.2, -0.15) is 0 Å². The number of hydrogen-bond donors (Lipinski definition) is 2. The van der Waals surface area contributed by atoms with Gasteiger partial charge in [-0.1, -0.05) is 19.3 Å². The molecule has 5 nitrogen and oxygen atoms in total. The molecule has 1 heterocycles. The van der Waals surface area contributed by atoms with E-state index in [0.29, 0.717) is 19.8 Å². The lowest BCUT2D eigenvalue weighted by molar-refractivity contribution is -0.138. The van der Waals surface area contributed by atoms with E-state index in [-0.39, 0.29) is 6.10 Å². The van der Waals surface area contributed by atoms with Gasteiger partial charge in [-0.3, -0.25) is 4.79 Å². The number of carbonyl (C=O) groups is 1. The molecule has 0 radical (unpaired) electrons. The van der Waals surface area contributed by atoms with E-state index in [2.05, 4.69) is 0 Å². The summed E-state index contributed by atoms with van der Waals surface area (Å²) in [6.07, 6.45) is 4.68. The van der Waals surface area contributed by atoms with Crippen LogP contribution in [0.5, 0.6) is 0 Å². The van der Waals surface area contributed by atoms with Gasteiger partial charge < -0.3 is 20.3 Å². The molecule has 0 aromatic carbocycles. The molecule has 1 rings (SSSR count). The minimum Gasteiger partial charge on any atom is -0.480 e. The van der Waals surface area contributed by atoms with E-state index in [0.717, 1.165) is 25.7 Å². The zero-order chi connectivity index (χ0) is 11.1. The Morgan fingerprint density at radius 2 is 2.27 bits per heavy atom. The lowest BCUT2D eigenvalue weighted by Gasteiger charge is -2.08. The van der Waals surface area contributed by atoms with Gasteiger partial charge in [0.15, 0.2) is 0 Å². The van der Waals surface area contributed by atoms with Gasteiger partial charge in [0, 0.05) is 0 Å². The van der Waals surface area contributed by atoms with Crippen LogP contribution >= 0.6 is 0 Å². The van der Waals surface area contributed by atoms with Crippen LogP contribution < -0.4 is 5.73 Å². The SMILES string of the molecule is NC(CCCCCC1COCO1)C(=O)O. The average Bonchev–Trinajstić information content (AvgIpc) is 2.69. The second-order valence-electron chi connectivity index (χ2n) is 3.86. The van der Waals surface area contributed by atoms with Crippen LogP contribution in [0.1, 0.15) is 32.1 Å². The molecule has 88 valence electrons. The van der Waals surface area contributed by atoms with Gasteiger partial charge in [0.1, 0.15) is 12.8 Å². The van der Waals surface area contributed by atoms with Gasteiger partial charge in [0.2, 0.25) is 0 Å². The third-order valence-electron chi connectivity index (χ3n) is 2.55. The molecule has 5 heteroatoms. The number of carboxylic acid groups (broad SMARTS) is 1. The summed E-state index contributed by atoms with van der Waals surface area (Å²) in [7, 11) is 0. The summed E-state index contributed by atoms with van der Waals surface area (Å²) < 4.78 is 10.3. The first kappa shape index (κ1) is 12.4. The lowest BCUT2D eigenvalue weighted by atomic mass is 10.1. The van der Waals surface area contributed by atoms with Crippen molar-refractivity contribution in [2.45, 2.75) is 44.2 Å². The number of rotatable bonds is 7. The van der Waals surface area contributed by atoms with Crippen LogP contribution in [0.15, 0.2) is 0 Å². The number of nitrogens with two attached hydrogens (primary N) is 1. The molecule has 0 amide bonds. The second kappa shape index (κ2) is 6.76. The van der Waals surface area contributed by atoms with E-state index in [9.17, 15) is 4.79 Å². The molecule has 15 heavy (non-hydrogen) atoms. The quantitative estimate of drug-likeness (QED) is 0.614. The Hall–Kier alpha value is -0.650. The minimum atomic E-state index is -0.914. The van der Waals surface area contributed by atoms with Gasteiger partial charge in [-0.05, 0) is 12.8 Å². The van der Waals surface area contributed by atoms with Crippen molar-refractivity contribution in [1.82, 2.24) is 0 Å². The lowest BCUT2D eigenvalue weighted by Crippen LogP contribution is -2.29. The van der Waals surface area contributed by atoms with Crippen LogP contribution in [-0.4, -0.2) is 36.6 Å². The Morgan fingerprint density at radius 1 is 1.47 bits per heavy atom. The standard InChI is InChI=1S/C10H19NO4/c11-9(10(12)13)5-3-1-2-4-8-6-14-7-15-8/h8-9H,1-7,11H2,(H,12,13). The van der Waals surface area contributed by atoms with Crippen molar-refractivity contribution in [1.29, 1.82) is 0 Å². The second-order valence-corrected chi connectivity index (χ2v) is 3.86. The fourth-order valence-corrected chi connectivity index (χ4v) is 1.58. The van der Waals surface area contributed by atoms with Crippen molar-refractivity contribution in [3.63, 3.8) is 0 Å². The summed E-state index contributed by atoms with van der Waals surface area (Å²) in [5.41, 5.74) is 5.38. The zero-order valence-electron chi connectivity index (χ0n) is 8.85. The highest BCUT2D eigenvalue weighted by Gasteiger charge is 2.15. The molecule has 0 aliphatic carbocycles. The van der Waals surface area contributed by atoms with Crippen molar-refractivity contribution in [3.05, 3.63) is 0 Å². The van der Waals surface area contributed by atoms with E-state index in [1.54, 1.807) is 0 Å². The van der Waals surface area contributed by atoms with Gasteiger partial charge in [-0.25, -0.2) is 0 Å². The van der Waals surface area contributed by atoms with E-state index in [1.807, 2.05) is 0 Å². The van der Waals surface area contributed by atoms with Crippen molar-refractivity contribution in [2.24, 2.45) is 5.73 Å². The predicted molar refractivity (Wildman–Crippen MR) is 54.4 cm³/mol. The minimum absolute atomic E-state index is 0.234. The normalized spacial score (nSPS) is 22.9. The molecule has 2 atom stereocenters. The highest BCUT2D eigenvalue weighted by atomic mass is 16.7. The number of unbranched alkanes of at least 4 members (excludes halogenated alkanes) is 2. The molecule has 1 fully saturated rings. The monoisotopic (exact) mass is 217 g/mol. The summed E-state index contributed by atoms with van der Waals surface area (Å²) in [6, 6.07) is -0.712. The summed E-state index contributed by atoms with van der Waals surface area (Å²) in [5, 5.41) is 8.55. The Morgan fingerprint density at radius 3 is 2.87 bits per heavy atom. The first-order valence-electron chi connectivity index (χ1n) is 5.38. The van der Waals surface area contributed by atoms with Crippen molar-refractivity contribution >= 4 is 5.97 Å².